The van der Waals surface area contributed by atoms with E-state index in [2.05, 4.69) is 10.4 Å². The Balaban J connectivity index is 2.05. The average Bonchev–Trinajstić information content (AvgIpc) is 2.76. The Morgan fingerprint density at radius 2 is 2.35 bits per heavy atom. The van der Waals surface area contributed by atoms with Gasteiger partial charge in [-0.1, -0.05) is 0 Å². The molecule has 0 aliphatic carbocycles. The van der Waals surface area contributed by atoms with Crippen molar-refractivity contribution in [2.45, 2.75) is 6.54 Å². The second-order valence-electron chi connectivity index (χ2n) is 3.49. The van der Waals surface area contributed by atoms with Crippen LogP contribution in [0.3, 0.4) is 0 Å². The highest BCUT2D eigenvalue weighted by molar-refractivity contribution is 5.91. The van der Waals surface area contributed by atoms with Gasteiger partial charge in [0.1, 0.15) is 12.4 Å². The van der Waals surface area contributed by atoms with Crippen molar-refractivity contribution in [1.29, 1.82) is 0 Å². The van der Waals surface area contributed by atoms with Crippen LogP contribution in [-0.2, 0) is 11.3 Å². The van der Waals surface area contributed by atoms with E-state index in [1.165, 1.54) is 22.9 Å². The van der Waals surface area contributed by atoms with E-state index in [0.29, 0.717) is 5.69 Å². The minimum Gasteiger partial charge on any atom is -0.399 e. The maximum absolute atomic E-state index is 13.3. The molecule has 2 aromatic rings. The van der Waals surface area contributed by atoms with Gasteiger partial charge in [0.25, 0.3) is 0 Å². The van der Waals surface area contributed by atoms with Gasteiger partial charge in [0, 0.05) is 18.1 Å². The number of amides is 1. The van der Waals surface area contributed by atoms with Gasteiger partial charge >= 0.3 is 0 Å². The van der Waals surface area contributed by atoms with Gasteiger partial charge in [-0.3, -0.25) is 9.48 Å². The van der Waals surface area contributed by atoms with Crippen LogP contribution in [0.25, 0.3) is 0 Å². The minimum atomic E-state index is -0.520. The van der Waals surface area contributed by atoms with Crippen LogP contribution in [0, 0.1) is 5.82 Å². The number of halogens is 1. The fourth-order valence-corrected chi connectivity index (χ4v) is 1.37. The number of hydrogen-bond donors (Lipinski definition) is 2. The Bertz CT molecular complexity index is 524. The number of benzene rings is 1. The van der Waals surface area contributed by atoms with Crippen LogP contribution in [0.15, 0.2) is 36.7 Å². The van der Waals surface area contributed by atoms with E-state index in [9.17, 15) is 9.18 Å². The van der Waals surface area contributed by atoms with Crippen LogP contribution in [-0.4, -0.2) is 15.7 Å². The summed E-state index contributed by atoms with van der Waals surface area (Å²) < 4.78 is 14.8. The molecule has 1 heterocycles. The smallest absolute Gasteiger partial charge is 0.246 e. The normalized spacial score (nSPS) is 10.2. The van der Waals surface area contributed by atoms with E-state index in [1.54, 1.807) is 18.5 Å². The zero-order valence-electron chi connectivity index (χ0n) is 8.93. The molecule has 0 aliphatic heterocycles. The molecule has 0 bridgehead atoms. The predicted octanol–water partition coefficient (Wildman–Crippen LogP) is 1.24. The van der Waals surface area contributed by atoms with Crippen LogP contribution >= 0.6 is 0 Å². The predicted molar refractivity (Wildman–Crippen MR) is 61.7 cm³/mol. The minimum absolute atomic E-state index is 0.0290. The highest BCUT2D eigenvalue weighted by Gasteiger charge is 2.07. The monoisotopic (exact) mass is 234 g/mol. The summed E-state index contributed by atoms with van der Waals surface area (Å²) in [4.78, 5) is 11.6. The number of nitrogens with two attached hydrogens (primary N) is 1. The summed E-state index contributed by atoms with van der Waals surface area (Å²) in [5.74, 6) is -0.883. The number of nitrogens with one attached hydrogen (secondary N) is 1. The molecular formula is C11H11FN4O. The molecule has 3 N–H and O–H groups in total. The van der Waals surface area contributed by atoms with E-state index in [4.69, 9.17) is 5.73 Å². The van der Waals surface area contributed by atoms with Crippen molar-refractivity contribution in [3.8, 4) is 0 Å². The fraction of sp³-hybridized carbons (Fsp3) is 0.0909. The number of nitrogen functional groups attached to an aromatic ring is 1. The van der Waals surface area contributed by atoms with Gasteiger partial charge in [0.15, 0.2) is 0 Å². The molecule has 5 nitrogen and oxygen atoms in total. The molecular weight excluding hydrogens is 223 g/mol. The molecule has 2 rings (SSSR count). The topological polar surface area (TPSA) is 72.9 Å². The van der Waals surface area contributed by atoms with Gasteiger partial charge < -0.3 is 11.1 Å². The van der Waals surface area contributed by atoms with Crippen molar-refractivity contribution in [3.05, 3.63) is 42.5 Å². The molecule has 0 saturated carbocycles. The summed E-state index contributed by atoms with van der Waals surface area (Å²) >= 11 is 0. The van der Waals surface area contributed by atoms with E-state index in [0.717, 1.165) is 0 Å². The highest BCUT2D eigenvalue weighted by Crippen LogP contribution is 2.17. The van der Waals surface area contributed by atoms with Gasteiger partial charge in [-0.25, -0.2) is 4.39 Å². The number of carbonyl (C=O) groups is 1. The van der Waals surface area contributed by atoms with Crippen LogP contribution < -0.4 is 11.1 Å². The molecule has 88 valence electrons. The van der Waals surface area contributed by atoms with Crippen molar-refractivity contribution < 1.29 is 9.18 Å². The Hall–Kier alpha value is -2.37. The largest absolute Gasteiger partial charge is 0.399 e. The number of anilines is 2. The lowest BCUT2D eigenvalue weighted by molar-refractivity contribution is -0.116. The Labute approximate surface area is 97.0 Å². The Kier molecular flexibility index (Phi) is 3.04. The van der Waals surface area contributed by atoms with Crippen LogP contribution in [0.1, 0.15) is 0 Å². The van der Waals surface area contributed by atoms with Crippen molar-refractivity contribution in [2.24, 2.45) is 0 Å². The first-order valence-electron chi connectivity index (χ1n) is 4.97. The van der Waals surface area contributed by atoms with Gasteiger partial charge in [-0.2, -0.15) is 5.10 Å². The second-order valence-corrected chi connectivity index (χ2v) is 3.49. The third-order valence-corrected chi connectivity index (χ3v) is 2.13. The maximum Gasteiger partial charge on any atom is 0.246 e. The molecule has 1 amide bonds. The molecule has 17 heavy (non-hydrogen) atoms. The maximum atomic E-state index is 13.3. The van der Waals surface area contributed by atoms with Crippen LogP contribution in [0.4, 0.5) is 15.8 Å². The quantitative estimate of drug-likeness (QED) is 0.785. The zero-order valence-corrected chi connectivity index (χ0v) is 8.93. The summed E-state index contributed by atoms with van der Waals surface area (Å²) in [6.07, 6.45) is 3.21. The number of hydrogen-bond acceptors (Lipinski definition) is 3. The standard InChI is InChI=1S/C11H11FN4O/c12-9-3-2-8(13)6-10(9)15-11(17)7-16-5-1-4-14-16/h1-6H,7,13H2,(H,15,17). The first-order valence-corrected chi connectivity index (χ1v) is 4.97. The van der Waals surface area contributed by atoms with Crippen molar-refractivity contribution in [3.63, 3.8) is 0 Å². The van der Waals surface area contributed by atoms with E-state index in [1.807, 2.05) is 0 Å². The van der Waals surface area contributed by atoms with E-state index < -0.39 is 5.82 Å². The molecule has 0 aliphatic rings. The van der Waals surface area contributed by atoms with Crippen LogP contribution in [0.5, 0.6) is 0 Å². The van der Waals surface area contributed by atoms with Crippen molar-refractivity contribution in [2.75, 3.05) is 11.1 Å². The van der Waals surface area contributed by atoms with E-state index >= 15 is 0 Å². The van der Waals surface area contributed by atoms with Crippen LogP contribution in [0.2, 0.25) is 0 Å². The summed E-state index contributed by atoms with van der Waals surface area (Å²) in [5.41, 5.74) is 5.96. The molecule has 1 aromatic heterocycles. The van der Waals surface area contributed by atoms with Gasteiger partial charge in [0.2, 0.25) is 5.91 Å². The summed E-state index contributed by atoms with van der Waals surface area (Å²) in [7, 11) is 0. The van der Waals surface area contributed by atoms with Gasteiger partial charge in [0.05, 0.1) is 5.69 Å². The van der Waals surface area contributed by atoms with Gasteiger partial charge in [-0.15, -0.1) is 0 Å². The molecule has 0 saturated heterocycles. The molecule has 6 heteroatoms. The second kappa shape index (κ2) is 4.65. The van der Waals surface area contributed by atoms with Gasteiger partial charge in [-0.05, 0) is 24.3 Å². The number of aromatic nitrogens is 2. The average molecular weight is 234 g/mol. The van der Waals surface area contributed by atoms with Crippen molar-refractivity contribution in [1.82, 2.24) is 9.78 Å². The zero-order chi connectivity index (χ0) is 12.3. The fourth-order valence-electron chi connectivity index (χ4n) is 1.37. The molecule has 0 unspecified atom stereocenters. The summed E-state index contributed by atoms with van der Waals surface area (Å²) in [5, 5.41) is 6.31. The first kappa shape index (κ1) is 11.1. The summed E-state index contributed by atoms with van der Waals surface area (Å²) in [6.45, 7) is 0.0290. The SMILES string of the molecule is Nc1ccc(F)c(NC(=O)Cn2cccn2)c1. The number of carbonyl (C=O) groups excluding carboxylic acids is 1. The summed E-state index contributed by atoms with van der Waals surface area (Å²) in [6, 6.07) is 5.71. The molecule has 0 radical (unpaired) electrons. The third-order valence-electron chi connectivity index (χ3n) is 2.13. The van der Waals surface area contributed by atoms with E-state index in [-0.39, 0.29) is 18.1 Å². The molecule has 0 atom stereocenters. The molecule has 0 fully saturated rings. The first-order chi connectivity index (χ1) is 8.15. The lowest BCUT2D eigenvalue weighted by atomic mass is 10.2. The number of nitrogens with zero attached hydrogens (tertiary/aromatic N) is 2. The Morgan fingerprint density at radius 1 is 1.53 bits per heavy atom. The lowest BCUT2D eigenvalue weighted by Crippen LogP contribution is -2.19. The molecule has 0 spiro atoms. The molecule has 1 aromatic carbocycles. The lowest BCUT2D eigenvalue weighted by Gasteiger charge is -2.07. The highest BCUT2D eigenvalue weighted by atomic mass is 19.1. The third kappa shape index (κ3) is 2.81. The number of rotatable bonds is 3. The Morgan fingerprint density at radius 3 is 3.06 bits per heavy atom. The van der Waals surface area contributed by atoms with Crippen molar-refractivity contribution >= 4 is 17.3 Å².